The van der Waals surface area contributed by atoms with Crippen molar-refractivity contribution in [2.75, 3.05) is 20.8 Å². The molecule has 0 aliphatic carbocycles. The van der Waals surface area contributed by atoms with Gasteiger partial charge in [-0.25, -0.2) is 9.79 Å². The minimum absolute atomic E-state index is 0.184. The predicted octanol–water partition coefficient (Wildman–Crippen LogP) is 6.38. The molecule has 3 heterocycles. The molecule has 0 spiro atoms. The molecule has 11 heteroatoms. The number of thiazole rings is 1. The minimum atomic E-state index is -0.834. The number of nitrogens with zero attached hydrogens (tertiary/aromatic N) is 2. The van der Waals surface area contributed by atoms with Gasteiger partial charge in [0.05, 0.1) is 36.6 Å². The number of aromatic nitrogens is 1. The van der Waals surface area contributed by atoms with Crippen molar-refractivity contribution in [3.05, 3.63) is 99.8 Å². The van der Waals surface area contributed by atoms with Crippen molar-refractivity contribution in [2.45, 2.75) is 32.7 Å². The number of carbonyl (C=O) groups is 1. The zero-order valence-electron chi connectivity index (χ0n) is 23.4. The van der Waals surface area contributed by atoms with E-state index >= 15 is 0 Å². The lowest BCUT2D eigenvalue weighted by molar-refractivity contribution is -0.139. The van der Waals surface area contributed by atoms with E-state index in [1.807, 2.05) is 37.3 Å². The molecule has 0 fully saturated rings. The molecule has 8 nitrogen and oxygen atoms in total. The summed E-state index contributed by atoms with van der Waals surface area (Å²) in [6.07, 6.45) is 2.98. The van der Waals surface area contributed by atoms with E-state index in [0.717, 1.165) is 20.9 Å². The van der Waals surface area contributed by atoms with Crippen molar-refractivity contribution in [1.82, 2.24) is 4.57 Å². The highest BCUT2D eigenvalue weighted by molar-refractivity contribution is 9.11. The lowest BCUT2D eigenvalue weighted by atomic mass is 9.93. The standard InChI is InChI=1S/C31H28Br2N2O6S/c1-5-7-23-27(30(37)40-6-2)28(21-15-18(38-3)9-12-24(21)39-4)35-29(36)26(42-31(35)34-23)16-19-10-13-25(41-19)20-14-17(32)8-11-22(20)33/h8-16,28H,5-7H2,1-4H3/b26-16-/t28-/m1/s1. The summed E-state index contributed by atoms with van der Waals surface area (Å²) < 4.78 is 26.6. The summed E-state index contributed by atoms with van der Waals surface area (Å²) in [4.78, 5) is 32.9. The summed E-state index contributed by atoms with van der Waals surface area (Å²) >= 11 is 8.32. The fraction of sp³-hybridized carbons (Fsp3) is 0.258. The van der Waals surface area contributed by atoms with E-state index in [-0.39, 0.29) is 12.2 Å². The molecule has 1 atom stereocenters. The Labute approximate surface area is 263 Å². The number of furan rings is 1. The zero-order chi connectivity index (χ0) is 30.0. The third-order valence-electron chi connectivity index (χ3n) is 6.72. The molecule has 0 bridgehead atoms. The van der Waals surface area contributed by atoms with Gasteiger partial charge in [0.2, 0.25) is 0 Å². The van der Waals surface area contributed by atoms with Gasteiger partial charge in [0.1, 0.15) is 29.1 Å². The van der Waals surface area contributed by atoms with Crippen LogP contribution in [0.25, 0.3) is 17.4 Å². The van der Waals surface area contributed by atoms with Crippen molar-refractivity contribution in [2.24, 2.45) is 4.99 Å². The smallest absolute Gasteiger partial charge is 0.338 e. The molecule has 2 aromatic carbocycles. The fourth-order valence-electron chi connectivity index (χ4n) is 4.86. The Morgan fingerprint density at radius 1 is 1.10 bits per heavy atom. The minimum Gasteiger partial charge on any atom is -0.497 e. The summed E-state index contributed by atoms with van der Waals surface area (Å²) in [5.41, 5.74) is 2.05. The van der Waals surface area contributed by atoms with Crippen LogP contribution in [0.2, 0.25) is 0 Å². The van der Waals surface area contributed by atoms with Gasteiger partial charge in [0.25, 0.3) is 5.56 Å². The number of carbonyl (C=O) groups excluding carboxylic acids is 1. The van der Waals surface area contributed by atoms with Gasteiger partial charge in [-0.2, -0.15) is 0 Å². The number of hydrogen-bond donors (Lipinski definition) is 0. The first-order chi connectivity index (χ1) is 20.3. The largest absolute Gasteiger partial charge is 0.497 e. The summed E-state index contributed by atoms with van der Waals surface area (Å²) in [6.45, 7) is 3.95. The van der Waals surface area contributed by atoms with Gasteiger partial charge >= 0.3 is 5.97 Å². The second-order valence-corrected chi connectivity index (χ2v) is 12.1. The van der Waals surface area contributed by atoms with Crippen LogP contribution in [0.3, 0.4) is 0 Å². The van der Waals surface area contributed by atoms with Gasteiger partial charge in [-0.05, 0) is 61.9 Å². The number of benzene rings is 2. The van der Waals surface area contributed by atoms with Crippen LogP contribution in [0.4, 0.5) is 0 Å². The van der Waals surface area contributed by atoms with Gasteiger partial charge in [-0.1, -0.05) is 56.5 Å². The first-order valence-electron chi connectivity index (χ1n) is 13.3. The van der Waals surface area contributed by atoms with Crippen molar-refractivity contribution >= 4 is 55.2 Å². The number of methoxy groups -OCH3 is 2. The third kappa shape index (κ3) is 5.77. The molecular weight excluding hydrogens is 688 g/mol. The molecule has 0 N–H and O–H groups in total. The highest BCUT2D eigenvalue weighted by atomic mass is 79.9. The lowest BCUT2D eigenvalue weighted by Gasteiger charge is -2.27. The second-order valence-electron chi connectivity index (χ2n) is 9.35. The summed E-state index contributed by atoms with van der Waals surface area (Å²) in [5.74, 6) is 1.70. The zero-order valence-corrected chi connectivity index (χ0v) is 27.4. The van der Waals surface area contributed by atoms with E-state index in [2.05, 4.69) is 31.9 Å². The number of halogens is 2. The maximum Gasteiger partial charge on any atom is 0.338 e. The van der Waals surface area contributed by atoms with Crippen molar-refractivity contribution in [3.63, 3.8) is 0 Å². The molecule has 0 unspecified atom stereocenters. The average Bonchev–Trinajstić information content (AvgIpc) is 3.57. The summed E-state index contributed by atoms with van der Waals surface area (Å²) in [7, 11) is 3.11. The molecule has 218 valence electrons. The van der Waals surface area contributed by atoms with Gasteiger partial charge in [-0.3, -0.25) is 9.36 Å². The number of hydrogen-bond acceptors (Lipinski definition) is 8. The SMILES string of the molecule is CCCC1=C(C(=O)OCC)[C@@H](c2cc(OC)ccc2OC)n2c(s/c(=C\c3ccc(-c4cc(Br)ccc4Br)o3)c2=O)=N1. The molecule has 42 heavy (non-hydrogen) atoms. The van der Waals surface area contributed by atoms with Crippen molar-refractivity contribution in [1.29, 1.82) is 0 Å². The summed E-state index contributed by atoms with van der Waals surface area (Å²) in [5, 5.41) is 0. The normalized spacial score (nSPS) is 14.9. The molecular formula is C31H28Br2N2O6S. The van der Waals surface area contributed by atoms with E-state index in [1.165, 1.54) is 15.9 Å². The number of fused-ring (bicyclic) bond motifs is 1. The van der Waals surface area contributed by atoms with Crippen LogP contribution >= 0.6 is 43.2 Å². The van der Waals surface area contributed by atoms with E-state index in [0.29, 0.717) is 55.6 Å². The van der Waals surface area contributed by atoms with Crippen molar-refractivity contribution in [3.8, 4) is 22.8 Å². The number of ether oxygens (including phenoxy) is 3. The topological polar surface area (TPSA) is 92.3 Å². The van der Waals surface area contributed by atoms with Gasteiger partial charge in [0, 0.05) is 26.1 Å². The Balaban J connectivity index is 1.73. The van der Waals surface area contributed by atoms with E-state index < -0.39 is 12.0 Å². The maximum absolute atomic E-state index is 14.1. The molecule has 0 saturated carbocycles. The molecule has 0 amide bonds. The van der Waals surface area contributed by atoms with Crippen molar-refractivity contribution < 1.29 is 23.4 Å². The molecule has 1 aliphatic heterocycles. The number of allylic oxidation sites excluding steroid dienone is 1. The first kappa shape index (κ1) is 30.1. The molecule has 0 saturated heterocycles. The predicted molar refractivity (Wildman–Crippen MR) is 169 cm³/mol. The fourth-order valence-corrected chi connectivity index (χ4v) is 6.66. The van der Waals surface area contributed by atoms with E-state index in [4.69, 9.17) is 23.6 Å². The van der Waals surface area contributed by atoms with E-state index in [1.54, 1.807) is 45.4 Å². The molecule has 0 radical (unpaired) electrons. The second kappa shape index (κ2) is 12.8. The van der Waals surface area contributed by atoms with Gasteiger partial charge < -0.3 is 18.6 Å². The van der Waals surface area contributed by atoms with Crippen LogP contribution in [0.5, 0.6) is 11.5 Å². The average molecular weight is 716 g/mol. The third-order valence-corrected chi connectivity index (χ3v) is 8.89. The van der Waals surface area contributed by atoms with Gasteiger partial charge in [0.15, 0.2) is 4.80 Å². The first-order valence-corrected chi connectivity index (χ1v) is 15.7. The Bertz CT molecular complexity index is 1870. The Kier molecular flexibility index (Phi) is 9.19. The number of rotatable bonds is 9. The van der Waals surface area contributed by atoms with Crippen LogP contribution in [-0.4, -0.2) is 31.4 Å². The Morgan fingerprint density at radius 3 is 2.62 bits per heavy atom. The highest BCUT2D eigenvalue weighted by Crippen LogP contribution is 2.39. The quantitative estimate of drug-likeness (QED) is 0.187. The van der Waals surface area contributed by atoms with Crippen LogP contribution in [-0.2, 0) is 9.53 Å². The maximum atomic E-state index is 14.1. The molecule has 5 rings (SSSR count). The molecule has 2 aromatic heterocycles. The Morgan fingerprint density at radius 2 is 1.90 bits per heavy atom. The number of esters is 1. The lowest BCUT2D eigenvalue weighted by Crippen LogP contribution is -2.40. The van der Waals surface area contributed by atoms with Crippen LogP contribution < -0.4 is 24.4 Å². The highest BCUT2D eigenvalue weighted by Gasteiger charge is 2.36. The monoisotopic (exact) mass is 714 g/mol. The van der Waals surface area contributed by atoms with Crippen LogP contribution in [0.1, 0.15) is 44.1 Å². The Hall–Kier alpha value is -3.41. The van der Waals surface area contributed by atoms with Crippen LogP contribution in [0.15, 0.2) is 83.0 Å². The summed E-state index contributed by atoms with van der Waals surface area (Å²) in [6, 6.07) is 14.0. The van der Waals surface area contributed by atoms with Crippen LogP contribution in [0, 0.1) is 0 Å². The molecule has 1 aliphatic rings. The van der Waals surface area contributed by atoms with Gasteiger partial charge in [-0.15, -0.1) is 0 Å². The molecule has 4 aromatic rings. The van der Waals surface area contributed by atoms with E-state index in [9.17, 15) is 9.59 Å².